The van der Waals surface area contributed by atoms with Gasteiger partial charge in [0.05, 0.1) is 12.5 Å². The summed E-state index contributed by atoms with van der Waals surface area (Å²) in [7, 11) is 1.66. The number of carboxylic acids is 1. The SMILES string of the molecule is C[C@H](CCCC[C@@H](C)C(=O)N(C)/C=C/CC(=O)O)C[C@@H](O)C(C)(C)C. The zero-order chi connectivity index (χ0) is 19.6. The van der Waals surface area contributed by atoms with Gasteiger partial charge in [0.25, 0.3) is 0 Å². The van der Waals surface area contributed by atoms with Crippen LogP contribution in [0.1, 0.15) is 73.1 Å². The lowest BCUT2D eigenvalue weighted by Crippen LogP contribution is -2.28. The maximum absolute atomic E-state index is 12.2. The molecule has 146 valence electrons. The second-order valence-corrected chi connectivity index (χ2v) is 8.34. The minimum absolute atomic E-state index is 0.0119. The molecule has 5 nitrogen and oxygen atoms in total. The lowest BCUT2D eigenvalue weighted by Gasteiger charge is -2.28. The molecule has 0 fully saturated rings. The average Bonchev–Trinajstić information content (AvgIpc) is 2.49. The van der Waals surface area contributed by atoms with E-state index in [1.807, 2.05) is 6.92 Å². The third kappa shape index (κ3) is 11.0. The van der Waals surface area contributed by atoms with Crippen molar-refractivity contribution in [1.29, 1.82) is 0 Å². The number of aliphatic hydroxyl groups excluding tert-OH is 1. The van der Waals surface area contributed by atoms with E-state index in [-0.39, 0.29) is 29.8 Å². The number of rotatable bonds is 11. The quantitative estimate of drug-likeness (QED) is 0.548. The van der Waals surface area contributed by atoms with E-state index in [0.29, 0.717) is 5.92 Å². The van der Waals surface area contributed by atoms with Crippen LogP contribution in [0.2, 0.25) is 0 Å². The number of aliphatic hydroxyl groups is 1. The summed E-state index contributed by atoms with van der Waals surface area (Å²) in [6.07, 6.45) is 7.38. The van der Waals surface area contributed by atoms with Crippen LogP contribution in [-0.4, -0.2) is 40.1 Å². The van der Waals surface area contributed by atoms with Crippen LogP contribution in [0, 0.1) is 17.3 Å². The molecule has 0 spiro atoms. The largest absolute Gasteiger partial charge is 0.481 e. The van der Waals surface area contributed by atoms with Gasteiger partial charge < -0.3 is 15.1 Å². The second kappa shape index (κ2) is 11.3. The lowest BCUT2D eigenvalue weighted by atomic mass is 9.83. The summed E-state index contributed by atoms with van der Waals surface area (Å²) in [5, 5.41) is 18.7. The molecule has 0 aromatic carbocycles. The summed E-state index contributed by atoms with van der Waals surface area (Å²) >= 11 is 0. The molecule has 5 heteroatoms. The third-order valence-corrected chi connectivity index (χ3v) is 4.60. The topological polar surface area (TPSA) is 77.8 Å². The Labute approximate surface area is 153 Å². The molecule has 0 unspecified atom stereocenters. The first-order valence-electron chi connectivity index (χ1n) is 9.28. The van der Waals surface area contributed by atoms with Crippen molar-refractivity contribution in [2.75, 3.05) is 7.05 Å². The molecule has 25 heavy (non-hydrogen) atoms. The summed E-state index contributed by atoms with van der Waals surface area (Å²) in [5.74, 6) is -0.495. The Hall–Kier alpha value is -1.36. The maximum atomic E-state index is 12.2. The maximum Gasteiger partial charge on any atom is 0.307 e. The van der Waals surface area contributed by atoms with Crippen molar-refractivity contribution in [1.82, 2.24) is 4.90 Å². The second-order valence-electron chi connectivity index (χ2n) is 8.34. The number of unbranched alkanes of at least 4 members (excludes halogenated alkanes) is 1. The molecule has 0 rings (SSSR count). The number of amides is 1. The monoisotopic (exact) mass is 355 g/mol. The highest BCUT2D eigenvalue weighted by Gasteiger charge is 2.23. The highest BCUT2D eigenvalue weighted by molar-refractivity contribution is 5.79. The Kier molecular flexibility index (Phi) is 10.7. The van der Waals surface area contributed by atoms with E-state index in [4.69, 9.17) is 5.11 Å². The molecule has 0 aromatic heterocycles. The Morgan fingerprint density at radius 1 is 1.12 bits per heavy atom. The van der Waals surface area contributed by atoms with Gasteiger partial charge in [-0.25, -0.2) is 0 Å². The Balaban J connectivity index is 4.06. The Morgan fingerprint density at radius 3 is 2.20 bits per heavy atom. The molecular formula is C20H37NO4. The van der Waals surface area contributed by atoms with Crippen molar-refractivity contribution in [2.45, 2.75) is 79.2 Å². The summed E-state index contributed by atoms with van der Waals surface area (Å²) in [6.45, 7) is 10.2. The van der Waals surface area contributed by atoms with Gasteiger partial charge in [-0.2, -0.15) is 0 Å². The number of aliphatic carboxylic acids is 1. The molecule has 0 aliphatic carbocycles. The van der Waals surface area contributed by atoms with Crippen LogP contribution in [0.4, 0.5) is 0 Å². The van der Waals surface area contributed by atoms with Gasteiger partial charge in [-0.1, -0.05) is 60.0 Å². The first kappa shape index (κ1) is 23.6. The highest BCUT2D eigenvalue weighted by Crippen LogP contribution is 2.26. The molecule has 0 radical (unpaired) electrons. The van der Waals surface area contributed by atoms with Crippen LogP contribution in [0.25, 0.3) is 0 Å². The van der Waals surface area contributed by atoms with Crippen molar-refractivity contribution in [3.8, 4) is 0 Å². The minimum Gasteiger partial charge on any atom is -0.481 e. The standard InChI is InChI=1S/C20H37NO4/c1-15(14-17(22)20(3,4)5)10-7-8-11-16(2)19(25)21(6)13-9-12-18(23)24/h9,13,15-17,22H,7-8,10-12,14H2,1-6H3,(H,23,24)/b13-9+/t15-,16-,17-/m1/s1. The fraction of sp³-hybridized carbons (Fsp3) is 0.800. The number of hydrogen-bond donors (Lipinski definition) is 2. The predicted octanol–water partition coefficient (Wildman–Crippen LogP) is 4.06. The zero-order valence-electron chi connectivity index (χ0n) is 16.8. The normalized spacial score (nSPS) is 15.8. The van der Waals surface area contributed by atoms with Crippen molar-refractivity contribution >= 4 is 11.9 Å². The van der Waals surface area contributed by atoms with Crippen molar-refractivity contribution in [2.24, 2.45) is 17.3 Å². The number of nitrogens with zero attached hydrogens (tertiary/aromatic N) is 1. The van der Waals surface area contributed by atoms with E-state index in [9.17, 15) is 14.7 Å². The number of carboxylic acid groups (broad SMARTS) is 1. The van der Waals surface area contributed by atoms with Crippen LogP contribution in [0.15, 0.2) is 12.3 Å². The number of carbonyl (C=O) groups excluding carboxylic acids is 1. The summed E-state index contributed by atoms with van der Waals surface area (Å²) in [5.41, 5.74) is -0.0755. The highest BCUT2D eigenvalue weighted by atomic mass is 16.4. The van der Waals surface area contributed by atoms with Gasteiger partial charge in [-0.15, -0.1) is 0 Å². The molecule has 2 N–H and O–H groups in total. The summed E-state index contributed by atoms with van der Waals surface area (Å²) in [6, 6.07) is 0. The van der Waals surface area contributed by atoms with E-state index in [2.05, 4.69) is 27.7 Å². The van der Waals surface area contributed by atoms with Gasteiger partial charge in [-0.3, -0.25) is 9.59 Å². The van der Waals surface area contributed by atoms with E-state index >= 15 is 0 Å². The van der Waals surface area contributed by atoms with Crippen LogP contribution in [0.3, 0.4) is 0 Å². The average molecular weight is 356 g/mol. The summed E-state index contributed by atoms with van der Waals surface area (Å²) in [4.78, 5) is 24.1. The van der Waals surface area contributed by atoms with Gasteiger partial charge >= 0.3 is 5.97 Å². The minimum atomic E-state index is -0.907. The Bertz CT molecular complexity index is 439. The van der Waals surface area contributed by atoms with Gasteiger partial charge in [-0.05, 0) is 24.2 Å². The van der Waals surface area contributed by atoms with E-state index < -0.39 is 5.97 Å². The molecule has 0 heterocycles. The predicted molar refractivity (Wildman–Crippen MR) is 101 cm³/mol. The van der Waals surface area contributed by atoms with Crippen LogP contribution in [0.5, 0.6) is 0 Å². The molecule has 0 aliphatic heterocycles. The molecule has 3 atom stereocenters. The van der Waals surface area contributed by atoms with Gasteiger partial charge in [0.15, 0.2) is 0 Å². The fourth-order valence-electron chi connectivity index (χ4n) is 2.65. The Morgan fingerprint density at radius 2 is 1.68 bits per heavy atom. The van der Waals surface area contributed by atoms with Gasteiger partial charge in [0.2, 0.25) is 5.91 Å². The zero-order valence-corrected chi connectivity index (χ0v) is 16.8. The molecule has 0 aliphatic rings. The van der Waals surface area contributed by atoms with Crippen LogP contribution < -0.4 is 0 Å². The third-order valence-electron chi connectivity index (χ3n) is 4.60. The van der Waals surface area contributed by atoms with Crippen molar-refractivity contribution in [3.05, 3.63) is 12.3 Å². The van der Waals surface area contributed by atoms with E-state index in [1.165, 1.54) is 17.2 Å². The smallest absolute Gasteiger partial charge is 0.307 e. The molecule has 0 aromatic rings. The number of hydrogen-bond acceptors (Lipinski definition) is 3. The first-order chi connectivity index (χ1) is 11.4. The molecular weight excluding hydrogens is 318 g/mol. The van der Waals surface area contributed by atoms with Crippen LogP contribution in [-0.2, 0) is 9.59 Å². The lowest BCUT2D eigenvalue weighted by molar-refractivity contribution is -0.136. The van der Waals surface area contributed by atoms with Gasteiger partial charge in [0, 0.05) is 19.2 Å². The first-order valence-corrected chi connectivity index (χ1v) is 9.28. The molecule has 0 bridgehead atoms. The summed E-state index contributed by atoms with van der Waals surface area (Å²) < 4.78 is 0. The molecule has 0 saturated heterocycles. The number of carbonyl (C=O) groups is 2. The van der Waals surface area contributed by atoms with Crippen LogP contribution >= 0.6 is 0 Å². The van der Waals surface area contributed by atoms with E-state index in [0.717, 1.165) is 32.1 Å². The molecule has 1 amide bonds. The molecule has 0 saturated carbocycles. The van der Waals surface area contributed by atoms with E-state index in [1.54, 1.807) is 7.05 Å². The fourth-order valence-corrected chi connectivity index (χ4v) is 2.65. The van der Waals surface area contributed by atoms with Crippen molar-refractivity contribution < 1.29 is 19.8 Å². The van der Waals surface area contributed by atoms with Crippen molar-refractivity contribution in [3.63, 3.8) is 0 Å². The van der Waals surface area contributed by atoms with Gasteiger partial charge in [0.1, 0.15) is 0 Å².